The molecule has 0 bridgehead atoms. The maximum absolute atomic E-state index is 12.2. The van der Waals surface area contributed by atoms with E-state index in [1.54, 1.807) is 0 Å². The van der Waals surface area contributed by atoms with Gasteiger partial charge in [0.05, 0.1) is 6.04 Å². The summed E-state index contributed by atoms with van der Waals surface area (Å²) in [5.74, 6) is 2.18. The fourth-order valence-electron chi connectivity index (χ4n) is 2.26. The zero-order valence-electron chi connectivity index (χ0n) is 11.3. The third-order valence-electron chi connectivity index (χ3n) is 3.30. The second kappa shape index (κ2) is 8.78. The van der Waals surface area contributed by atoms with E-state index in [1.807, 2.05) is 40.9 Å². The summed E-state index contributed by atoms with van der Waals surface area (Å²) in [6.45, 7) is 1.39. The SMILES string of the molecule is Cl.NCCCC(=O)N1CCSCC1c1ccc(Cl)cc1. The normalized spacial score (nSPS) is 18.5. The first kappa shape index (κ1) is 17.6. The molecule has 0 aromatic heterocycles. The Bertz CT molecular complexity index is 428. The van der Waals surface area contributed by atoms with Crippen molar-refractivity contribution in [1.29, 1.82) is 0 Å². The quantitative estimate of drug-likeness (QED) is 0.920. The maximum atomic E-state index is 12.2. The van der Waals surface area contributed by atoms with Crippen LogP contribution in [0.4, 0.5) is 0 Å². The van der Waals surface area contributed by atoms with E-state index < -0.39 is 0 Å². The predicted octanol–water partition coefficient (Wildman–Crippen LogP) is 3.12. The van der Waals surface area contributed by atoms with Gasteiger partial charge in [0.25, 0.3) is 0 Å². The molecule has 2 rings (SSSR count). The molecule has 1 heterocycles. The smallest absolute Gasteiger partial charge is 0.223 e. The first-order valence-corrected chi connectivity index (χ1v) is 8.08. The van der Waals surface area contributed by atoms with Gasteiger partial charge in [-0.15, -0.1) is 12.4 Å². The van der Waals surface area contributed by atoms with Gasteiger partial charge in [0.2, 0.25) is 5.91 Å². The minimum Gasteiger partial charge on any atom is -0.334 e. The van der Waals surface area contributed by atoms with Gasteiger partial charge in [0, 0.05) is 29.5 Å². The number of benzene rings is 1. The van der Waals surface area contributed by atoms with E-state index in [1.165, 1.54) is 0 Å². The molecule has 20 heavy (non-hydrogen) atoms. The van der Waals surface area contributed by atoms with Gasteiger partial charge < -0.3 is 10.6 Å². The number of rotatable bonds is 4. The molecule has 3 nitrogen and oxygen atoms in total. The number of hydrogen-bond acceptors (Lipinski definition) is 3. The highest BCUT2D eigenvalue weighted by molar-refractivity contribution is 7.99. The molecule has 1 amide bonds. The van der Waals surface area contributed by atoms with Crippen molar-refractivity contribution in [2.24, 2.45) is 5.73 Å². The van der Waals surface area contributed by atoms with E-state index in [0.29, 0.717) is 13.0 Å². The van der Waals surface area contributed by atoms with Crippen LogP contribution in [0.2, 0.25) is 5.02 Å². The molecule has 1 aromatic carbocycles. The molecule has 1 aliphatic rings. The van der Waals surface area contributed by atoms with Crippen molar-refractivity contribution in [3.8, 4) is 0 Å². The fourth-order valence-corrected chi connectivity index (χ4v) is 3.47. The molecule has 1 aliphatic heterocycles. The van der Waals surface area contributed by atoms with E-state index in [0.717, 1.165) is 35.1 Å². The van der Waals surface area contributed by atoms with E-state index in [9.17, 15) is 4.79 Å². The first-order valence-electron chi connectivity index (χ1n) is 6.55. The molecule has 1 aromatic rings. The van der Waals surface area contributed by atoms with Crippen LogP contribution in [0.1, 0.15) is 24.4 Å². The van der Waals surface area contributed by atoms with Crippen molar-refractivity contribution >= 4 is 41.7 Å². The molecule has 112 valence electrons. The Morgan fingerprint density at radius 2 is 2.10 bits per heavy atom. The van der Waals surface area contributed by atoms with Crippen LogP contribution in [0.25, 0.3) is 0 Å². The molecule has 1 fully saturated rings. The van der Waals surface area contributed by atoms with E-state index >= 15 is 0 Å². The number of hydrogen-bond donors (Lipinski definition) is 1. The van der Waals surface area contributed by atoms with Gasteiger partial charge in [0.1, 0.15) is 0 Å². The minimum atomic E-state index is 0. The van der Waals surface area contributed by atoms with Crippen molar-refractivity contribution in [1.82, 2.24) is 4.90 Å². The third-order valence-corrected chi connectivity index (χ3v) is 4.57. The summed E-state index contributed by atoms with van der Waals surface area (Å²) in [7, 11) is 0. The van der Waals surface area contributed by atoms with Gasteiger partial charge in [-0.2, -0.15) is 11.8 Å². The van der Waals surface area contributed by atoms with Gasteiger partial charge in [-0.1, -0.05) is 23.7 Å². The Balaban J connectivity index is 0.00000200. The Labute approximate surface area is 135 Å². The average Bonchev–Trinajstić information content (AvgIpc) is 2.45. The summed E-state index contributed by atoms with van der Waals surface area (Å²) in [6, 6.07) is 7.97. The van der Waals surface area contributed by atoms with E-state index in [-0.39, 0.29) is 24.4 Å². The molecule has 0 radical (unpaired) electrons. The topological polar surface area (TPSA) is 46.3 Å². The van der Waals surface area contributed by atoms with Gasteiger partial charge >= 0.3 is 0 Å². The largest absolute Gasteiger partial charge is 0.334 e. The average molecular weight is 335 g/mol. The number of carbonyl (C=O) groups excluding carboxylic acids is 1. The third kappa shape index (κ3) is 4.55. The summed E-state index contributed by atoms with van der Waals surface area (Å²) in [5.41, 5.74) is 6.64. The zero-order valence-corrected chi connectivity index (χ0v) is 13.6. The van der Waals surface area contributed by atoms with Crippen LogP contribution in [-0.2, 0) is 4.79 Å². The maximum Gasteiger partial charge on any atom is 0.223 e. The van der Waals surface area contributed by atoms with Gasteiger partial charge in [-0.05, 0) is 30.7 Å². The number of nitrogens with two attached hydrogens (primary N) is 1. The van der Waals surface area contributed by atoms with Crippen LogP contribution in [0.5, 0.6) is 0 Å². The molecule has 1 unspecified atom stereocenters. The highest BCUT2D eigenvalue weighted by Crippen LogP contribution is 2.30. The standard InChI is InChI=1S/C14H19ClN2OS.ClH/c15-12-5-3-11(4-6-12)13-10-19-9-8-17(13)14(18)2-1-7-16;/h3-6,13H,1-2,7-10,16H2;1H. The lowest BCUT2D eigenvalue weighted by Gasteiger charge is -2.36. The molecule has 6 heteroatoms. The lowest BCUT2D eigenvalue weighted by atomic mass is 10.1. The molecule has 0 spiro atoms. The molecule has 0 saturated carbocycles. The number of thioether (sulfide) groups is 1. The van der Waals surface area contributed by atoms with E-state index in [2.05, 4.69) is 0 Å². The summed E-state index contributed by atoms with van der Waals surface area (Å²) in [4.78, 5) is 14.2. The Kier molecular flexibility index (Phi) is 7.74. The summed E-state index contributed by atoms with van der Waals surface area (Å²) >= 11 is 7.81. The highest BCUT2D eigenvalue weighted by atomic mass is 35.5. The van der Waals surface area contributed by atoms with Crippen molar-refractivity contribution in [2.45, 2.75) is 18.9 Å². The van der Waals surface area contributed by atoms with Crippen molar-refractivity contribution in [2.75, 3.05) is 24.6 Å². The fraction of sp³-hybridized carbons (Fsp3) is 0.500. The molecular weight excluding hydrogens is 315 g/mol. The molecule has 2 N–H and O–H groups in total. The van der Waals surface area contributed by atoms with Crippen LogP contribution in [0.3, 0.4) is 0 Å². The Morgan fingerprint density at radius 1 is 1.40 bits per heavy atom. The zero-order chi connectivity index (χ0) is 13.7. The number of carbonyl (C=O) groups is 1. The van der Waals surface area contributed by atoms with Crippen LogP contribution >= 0.6 is 35.8 Å². The summed E-state index contributed by atoms with van der Waals surface area (Å²) in [6.07, 6.45) is 1.31. The lowest BCUT2D eigenvalue weighted by molar-refractivity contribution is -0.133. The lowest BCUT2D eigenvalue weighted by Crippen LogP contribution is -2.40. The minimum absolute atomic E-state index is 0. The van der Waals surface area contributed by atoms with E-state index in [4.69, 9.17) is 17.3 Å². The Morgan fingerprint density at radius 3 is 2.75 bits per heavy atom. The van der Waals surface area contributed by atoms with Gasteiger partial charge in [-0.3, -0.25) is 4.79 Å². The summed E-state index contributed by atoms with van der Waals surface area (Å²) < 4.78 is 0. The molecular formula is C14H20Cl2N2OS. The van der Waals surface area contributed by atoms with Crippen LogP contribution in [0, 0.1) is 0 Å². The van der Waals surface area contributed by atoms with Crippen LogP contribution in [0.15, 0.2) is 24.3 Å². The molecule has 1 atom stereocenters. The monoisotopic (exact) mass is 334 g/mol. The number of halogens is 2. The van der Waals surface area contributed by atoms with Gasteiger partial charge in [-0.25, -0.2) is 0 Å². The van der Waals surface area contributed by atoms with Crippen LogP contribution < -0.4 is 5.73 Å². The second-order valence-corrected chi connectivity index (χ2v) is 6.21. The van der Waals surface area contributed by atoms with Crippen molar-refractivity contribution < 1.29 is 4.79 Å². The van der Waals surface area contributed by atoms with Crippen molar-refractivity contribution in [3.63, 3.8) is 0 Å². The highest BCUT2D eigenvalue weighted by Gasteiger charge is 2.27. The van der Waals surface area contributed by atoms with Gasteiger partial charge in [0.15, 0.2) is 0 Å². The number of nitrogens with zero attached hydrogens (tertiary/aromatic N) is 1. The number of amides is 1. The molecule has 1 saturated heterocycles. The van der Waals surface area contributed by atoms with Crippen molar-refractivity contribution in [3.05, 3.63) is 34.9 Å². The van der Waals surface area contributed by atoms with Crippen LogP contribution in [-0.4, -0.2) is 35.4 Å². The first-order chi connectivity index (χ1) is 9.22. The molecule has 0 aliphatic carbocycles. The Hall–Kier alpha value is -0.420. The summed E-state index contributed by atoms with van der Waals surface area (Å²) in [5, 5.41) is 0.730. The predicted molar refractivity (Wildman–Crippen MR) is 88.8 cm³/mol. The second-order valence-electron chi connectivity index (χ2n) is 4.62.